The molecule has 2 unspecified atom stereocenters. The van der Waals surface area contributed by atoms with Gasteiger partial charge in [0.05, 0.1) is 5.41 Å². The van der Waals surface area contributed by atoms with Crippen LogP contribution in [-0.4, -0.2) is 19.2 Å². The lowest BCUT2D eigenvalue weighted by Crippen LogP contribution is -2.34. The van der Waals surface area contributed by atoms with Crippen LogP contribution in [0.4, 0.5) is 0 Å². The van der Waals surface area contributed by atoms with Gasteiger partial charge in [-0.2, -0.15) is 0 Å². The largest absolute Gasteiger partial charge is 0.362 e. The van der Waals surface area contributed by atoms with Gasteiger partial charge >= 0.3 is 0 Å². The fourth-order valence-electron chi connectivity index (χ4n) is 2.17. The number of ether oxygens (including phenoxy) is 1. The second-order valence-electron chi connectivity index (χ2n) is 4.79. The molecule has 0 heterocycles. The van der Waals surface area contributed by atoms with Gasteiger partial charge in [0.25, 0.3) is 0 Å². The van der Waals surface area contributed by atoms with E-state index in [0.717, 1.165) is 0 Å². The molecule has 1 aliphatic rings. The molecule has 3 nitrogen and oxygen atoms in total. The molecule has 0 aromatic heterocycles. The van der Waals surface area contributed by atoms with Crippen molar-refractivity contribution >= 4 is 5.91 Å². The summed E-state index contributed by atoms with van der Waals surface area (Å²) in [5, 5.41) is 2.81. The minimum Gasteiger partial charge on any atom is -0.362 e. The molecular formula is C11H21NO2. The fraction of sp³-hybridized carbons (Fsp3) is 0.909. The summed E-state index contributed by atoms with van der Waals surface area (Å²) in [5.74, 6) is 0.556. The van der Waals surface area contributed by atoms with Gasteiger partial charge in [0.2, 0.25) is 5.91 Å². The number of carbonyl (C=O) groups excluding carboxylic acids is 1. The number of hydrogen-bond donors (Lipinski definition) is 1. The van der Waals surface area contributed by atoms with Crippen molar-refractivity contribution in [3.8, 4) is 0 Å². The number of carbonyl (C=O) groups is 1. The Hall–Kier alpha value is -0.570. The summed E-state index contributed by atoms with van der Waals surface area (Å²) in [6.07, 6.45) is 0. The molecule has 0 aromatic rings. The molecule has 0 bridgehead atoms. The molecule has 0 spiro atoms. The lowest BCUT2D eigenvalue weighted by atomic mass is 9.97. The van der Waals surface area contributed by atoms with Crippen LogP contribution in [0.3, 0.4) is 0 Å². The summed E-state index contributed by atoms with van der Waals surface area (Å²) in [6.45, 7) is 11.3. The maximum atomic E-state index is 11.8. The van der Waals surface area contributed by atoms with Crippen LogP contribution < -0.4 is 5.32 Å². The summed E-state index contributed by atoms with van der Waals surface area (Å²) in [6, 6.07) is 0. The Labute approximate surface area is 86.2 Å². The zero-order chi connectivity index (χ0) is 11.0. The quantitative estimate of drug-likeness (QED) is 0.553. The van der Waals surface area contributed by atoms with Gasteiger partial charge in [0, 0.05) is 6.61 Å². The Kier molecular flexibility index (Phi) is 2.91. The average Bonchev–Trinajstić information content (AvgIpc) is 2.52. The van der Waals surface area contributed by atoms with Crippen LogP contribution in [0, 0.1) is 16.7 Å². The monoisotopic (exact) mass is 199 g/mol. The molecule has 0 aromatic carbocycles. The van der Waals surface area contributed by atoms with E-state index in [2.05, 4.69) is 26.1 Å². The molecule has 0 saturated heterocycles. The number of rotatable bonds is 4. The standard InChI is InChI=1S/C11H21NO2/c1-6-14-7-12-9(13)11(5)8(2)10(11,3)4/h8H,6-7H2,1-5H3,(H,12,13). The third kappa shape index (κ3) is 1.44. The third-order valence-electron chi connectivity index (χ3n) is 4.21. The second-order valence-corrected chi connectivity index (χ2v) is 4.79. The SMILES string of the molecule is CCOCNC(=O)C1(C)C(C)C1(C)C. The summed E-state index contributed by atoms with van der Waals surface area (Å²) < 4.78 is 5.10. The summed E-state index contributed by atoms with van der Waals surface area (Å²) >= 11 is 0. The first-order chi connectivity index (χ1) is 6.39. The van der Waals surface area contributed by atoms with Crippen molar-refractivity contribution in [1.82, 2.24) is 5.32 Å². The van der Waals surface area contributed by atoms with Gasteiger partial charge in [0.1, 0.15) is 6.73 Å². The molecule has 14 heavy (non-hydrogen) atoms. The number of hydrogen-bond acceptors (Lipinski definition) is 2. The molecule has 2 atom stereocenters. The summed E-state index contributed by atoms with van der Waals surface area (Å²) in [4.78, 5) is 11.8. The van der Waals surface area contributed by atoms with E-state index in [0.29, 0.717) is 19.3 Å². The van der Waals surface area contributed by atoms with Gasteiger partial charge in [-0.25, -0.2) is 0 Å². The normalized spacial score (nSPS) is 33.9. The zero-order valence-electron chi connectivity index (χ0n) is 9.81. The second kappa shape index (κ2) is 3.54. The Morgan fingerprint density at radius 1 is 1.43 bits per heavy atom. The molecule has 0 radical (unpaired) electrons. The molecule has 1 N–H and O–H groups in total. The molecule has 1 amide bonds. The lowest BCUT2D eigenvalue weighted by molar-refractivity contribution is -0.128. The molecule has 0 aliphatic heterocycles. The van der Waals surface area contributed by atoms with Gasteiger partial charge in [-0.15, -0.1) is 0 Å². The lowest BCUT2D eigenvalue weighted by Gasteiger charge is -2.14. The molecule has 1 saturated carbocycles. The molecule has 3 heteroatoms. The van der Waals surface area contributed by atoms with Crippen molar-refractivity contribution in [2.75, 3.05) is 13.3 Å². The smallest absolute Gasteiger partial charge is 0.228 e. The average molecular weight is 199 g/mol. The molecule has 1 aliphatic carbocycles. The van der Waals surface area contributed by atoms with E-state index >= 15 is 0 Å². The minimum atomic E-state index is -0.218. The Morgan fingerprint density at radius 3 is 2.29 bits per heavy atom. The van der Waals surface area contributed by atoms with Crippen molar-refractivity contribution < 1.29 is 9.53 Å². The van der Waals surface area contributed by atoms with Crippen LogP contribution in [0.5, 0.6) is 0 Å². The third-order valence-corrected chi connectivity index (χ3v) is 4.21. The van der Waals surface area contributed by atoms with E-state index in [1.165, 1.54) is 0 Å². The Bertz CT molecular complexity index is 237. The van der Waals surface area contributed by atoms with Gasteiger partial charge in [0.15, 0.2) is 0 Å². The summed E-state index contributed by atoms with van der Waals surface area (Å²) in [7, 11) is 0. The number of nitrogens with one attached hydrogen (secondary N) is 1. The van der Waals surface area contributed by atoms with Gasteiger partial charge in [-0.1, -0.05) is 20.8 Å². The van der Waals surface area contributed by atoms with Crippen molar-refractivity contribution in [2.24, 2.45) is 16.7 Å². The molecule has 1 fully saturated rings. The zero-order valence-corrected chi connectivity index (χ0v) is 9.81. The maximum absolute atomic E-state index is 11.8. The van der Waals surface area contributed by atoms with E-state index in [1.807, 2.05) is 13.8 Å². The Balaban J connectivity index is 2.47. The maximum Gasteiger partial charge on any atom is 0.228 e. The van der Waals surface area contributed by atoms with Crippen LogP contribution >= 0.6 is 0 Å². The van der Waals surface area contributed by atoms with Gasteiger partial charge < -0.3 is 10.1 Å². The van der Waals surface area contributed by atoms with Crippen LogP contribution in [0.15, 0.2) is 0 Å². The first kappa shape index (κ1) is 11.5. The van der Waals surface area contributed by atoms with Crippen LogP contribution in [0.25, 0.3) is 0 Å². The summed E-state index contributed by atoms with van der Waals surface area (Å²) in [5.41, 5.74) is -0.104. The van der Waals surface area contributed by atoms with Crippen LogP contribution in [0.1, 0.15) is 34.6 Å². The van der Waals surface area contributed by atoms with E-state index in [4.69, 9.17) is 4.74 Å². The van der Waals surface area contributed by atoms with Crippen LogP contribution in [0.2, 0.25) is 0 Å². The van der Waals surface area contributed by atoms with Crippen LogP contribution in [-0.2, 0) is 9.53 Å². The molecular weight excluding hydrogens is 178 g/mol. The highest BCUT2D eigenvalue weighted by Crippen LogP contribution is 2.68. The highest BCUT2D eigenvalue weighted by molar-refractivity contribution is 5.87. The predicted octanol–water partition coefficient (Wildman–Crippen LogP) is 1.78. The van der Waals surface area contributed by atoms with Gasteiger partial charge in [-0.05, 0) is 25.2 Å². The minimum absolute atomic E-state index is 0.114. The highest BCUT2D eigenvalue weighted by Gasteiger charge is 2.69. The van der Waals surface area contributed by atoms with Crippen molar-refractivity contribution in [3.63, 3.8) is 0 Å². The van der Waals surface area contributed by atoms with E-state index in [1.54, 1.807) is 0 Å². The Morgan fingerprint density at radius 2 is 1.93 bits per heavy atom. The topological polar surface area (TPSA) is 38.3 Å². The van der Waals surface area contributed by atoms with E-state index in [-0.39, 0.29) is 16.7 Å². The van der Waals surface area contributed by atoms with Crippen molar-refractivity contribution in [2.45, 2.75) is 34.6 Å². The van der Waals surface area contributed by atoms with Crippen molar-refractivity contribution in [1.29, 1.82) is 0 Å². The fourth-order valence-corrected chi connectivity index (χ4v) is 2.17. The predicted molar refractivity (Wildman–Crippen MR) is 55.7 cm³/mol. The first-order valence-electron chi connectivity index (χ1n) is 5.25. The number of amides is 1. The first-order valence-corrected chi connectivity index (χ1v) is 5.25. The van der Waals surface area contributed by atoms with Crippen molar-refractivity contribution in [3.05, 3.63) is 0 Å². The van der Waals surface area contributed by atoms with Gasteiger partial charge in [-0.3, -0.25) is 4.79 Å². The van der Waals surface area contributed by atoms with E-state index in [9.17, 15) is 4.79 Å². The molecule has 82 valence electrons. The van der Waals surface area contributed by atoms with E-state index < -0.39 is 0 Å². The molecule has 1 rings (SSSR count). The highest BCUT2D eigenvalue weighted by atomic mass is 16.5.